The molecule has 2 N–H and O–H groups in total. The SMILES string of the molecule is COC(=O)CC1c2cc(OC)c(OC)cc2CCN1Cc1ccc(C(N)=O)cc1. The Hall–Kier alpha value is -3.06. The molecule has 3 rings (SSSR count). The summed E-state index contributed by atoms with van der Waals surface area (Å²) >= 11 is 0. The minimum absolute atomic E-state index is 0.151. The molecule has 0 spiro atoms. The maximum Gasteiger partial charge on any atom is 0.307 e. The molecule has 0 radical (unpaired) electrons. The summed E-state index contributed by atoms with van der Waals surface area (Å²) in [7, 11) is 4.61. The van der Waals surface area contributed by atoms with Gasteiger partial charge in [-0.1, -0.05) is 12.1 Å². The monoisotopic (exact) mass is 398 g/mol. The zero-order valence-corrected chi connectivity index (χ0v) is 16.9. The summed E-state index contributed by atoms with van der Waals surface area (Å²) in [5.41, 5.74) is 9.00. The van der Waals surface area contributed by atoms with Crippen LogP contribution in [0.4, 0.5) is 0 Å². The Morgan fingerprint density at radius 1 is 1.07 bits per heavy atom. The van der Waals surface area contributed by atoms with Crippen molar-refractivity contribution in [3.63, 3.8) is 0 Å². The quantitative estimate of drug-likeness (QED) is 0.721. The van der Waals surface area contributed by atoms with Crippen molar-refractivity contribution in [2.75, 3.05) is 27.9 Å². The second-order valence-corrected chi connectivity index (χ2v) is 6.98. The molecule has 0 saturated carbocycles. The van der Waals surface area contributed by atoms with Gasteiger partial charge in [0.2, 0.25) is 5.91 Å². The molecular formula is C22H26N2O5. The van der Waals surface area contributed by atoms with Crippen LogP contribution < -0.4 is 15.2 Å². The number of methoxy groups -OCH3 is 3. The first-order chi connectivity index (χ1) is 14.0. The number of carbonyl (C=O) groups is 2. The second kappa shape index (κ2) is 8.96. The van der Waals surface area contributed by atoms with Crippen LogP contribution in [0, 0.1) is 0 Å². The van der Waals surface area contributed by atoms with Crippen LogP contribution in [0.3, 0.4) is 0 Å². The molecule has 0 aromatic heterocycles. The fourth-order valence-corrected chi connectivity index (χ4v) is 3.76. The fraction of sp³-hybridized carbons (Fsp3) is 0.364. The summed E-state index contributed by atoms with van der Waals surface area (Å²) in [5, 5.41) is 0. The number of hydrogen-bond acceptors (Lipinski definition) is 6. The van der Waals surface area contributed by atoms with Crippen LogP contribution in [-0.2, 0) is 22.5 Å². The first kappa shape index (κ1) is 20.7. The fourth-order valence-electron chi connectivity index (χ4n) is 3.76. The number of esters is 1. The number of rotatable bonds is 7. The molecule has 0 fully saturated rings. The lowest BCUT2D eigenvalue weighted by Crippen LogP contribution is -2.36. The summed E-state index contributed by atoms with van der Waals surface area (Å²) in [6.45, 7) is 1.41. The smallest absolute Gasteiger partial charge is 0.307 e. The molecule has 0 bridgehead atoms. The van der Waals surface area contributed by atoms with Gasteiger partial charge in [-0.3, -0.25) is 14.5 Å². The van der Waals surface area contributed by atoms with Crippen molar-refractivity contribution in [2.45, 2.75) is 25.4 Å². The van der Waals surface area contributed by atoms with E-state index in [4.69, 9.17) is 19.9 Å². The van der Waals surface area contributed by atoms with Gasteiger partial charge in [0, 0.05) is 24.7 Å². The third-order valence-electron chi connectivity index (χ3n) is 5.33. The third-order valence-corrected chi connectivity index (χ3v) is 5.33. The van der Waals surface area contributed by atoms with Crippen molar-refractivity contribution in [2.24, 2.45) is 5.73 Å². The summed E-state index contributed by atoms with van der Waals surface area (Å²) in [6, 6.07) is 11.0. The van der Waals surface area contributed by atoms with E-state index < -0.39 is 5.91 Å². The Morgan fingerprint density at radius 2 is 1.72 bits per heavy atom. The number of carbonyl (C=O) groups excluding carboxylic acids is 2. The summed E-state index contributed by atoms with van der Waals surface area (Å²) in [4.78, 5) is 25.7. The standard InChI is InChI=1S/C22H26N2O5/c1-27-19-10-16-8-9-24(13-14-4-6-15(7-5-14)22(23)26)18(12-21(25)29-3)17(16)11-20(19)28-2/h4-7,10-11,18H,8-9,12-13H2,1-3H3,(H2,23,26). The highest BCUT2D eigenvalue weighted by Gasteiger charge is 2.31. The number of ether oxygens (including phenoxy) is 3. The van der Waals surface area contributed by atoms with Crippen molar-refractivity contribution in [1.29, 1.82) is 0 Å². The van der Waals surface area contributed by atoms with Gasteiger partial charge in [0.15, 0.2) is 11.5 Å². The minimum atomic E-state index is -0.451. The van der Waals surface area contributed by atoms with E-state index in [0.29, 0.717) is 23.6 Å². The largest absolute Gasteiger partial charge is 0.493 e. The maximum atomic E-state index is 12.1. The molecule has 1 amide bonds. The molecule has 1 aliphatic rings. The van der Waals surface area contributed by atoms with Gasteiger partial charge < -0.3 is 19.9 Å². The van der Waals surface area contributed by atoms with Gasteiger partial charge in [-0.2, -0.15) is 0 Å². The lowest BCUT2D eigenvalue weighted by molar-refractivity contribution is -0.142. The van der Waals surface area contributed by atoms with Crippen molar-refractivity contribution >= 4 is 11.9 Å². The topological polar surface area (TPSA) is 91.1 Å². The van der Waals surface area contributed by atoms with Crippen LogP contribution in [0.5, 0.6) is 11.5 Å². The van der Waals surface area contributed by atoms with Crippen molar-refractivity contribution < 1.29 is 23.8 Å². The molecule has 7 heteroatoms. The number of primary amides is 1. The lowest BCUT2D eigenvalue weighted by atomic mass is 9.89. The Labute approximate surface area is 170 Å². The van der Waals surface area contributed by atoms with E-state index in [1.165, 1.54) is 7.11 Å². The normalized spacial score (nSPS) is 16.0. The summed E-state index contributed by atoms with van der Waals surface area (Å²) in [6.07, 6.45) is 1.06. The average Bonchev–Trinajstić information content (AvgIpc) is 2.74. The Morgan fingerprint density at radius 3 is 2.31 bits per heavy atom. The van der Waals surface area contributed by atoms with Gasteiger partial charge in [0.1, 0.15) is 0 Å². The zero-order chi connectivity index (χ0) is 21.0. The lowest BCUT2D eigenvalue weighted by Gasteiger charge is -2.37. The molecule has 154 valence electrons. The molecule has 0 saturated heterocycles. The van der Waals surface area contributed by atoms with E-state index in [-0.39, 0.29) is 18.4 Å². The summed E-state index contributed by atoms with van der Waals surface area (Å²) in [5.74, 6) is 0.590. The van der Waals surface area contributed by atoms with E-state index in [2.05, 4.69) is 4.90 Å². The molecule has 1 heterocycles. The van der Waals surface area contributed by atoms with Gasteiger partial charge in [-0.15, -0.1) is 0 Å². The predicted octanol–water partition coefficient (Wildman–Crippen LogP) is 2.47. The number of hydrogen-bond donors (Lipinski definition) is 1. The van der Waals surface area contributed by atoms with Crippen LogP contribution in [0.2, 0.25) is 0 Å². The van der Waals surface area contributed by atoms with Crippen LogP contribution in [0.1, 0.15) is 39.5 Å². The maximum absolute atomic E-state index is 12.1. The van der Waals surface area contributed by atoms with Crippen LogP contribution in [-0.4, -0.2) is 44.7 Å². The van der Waals surface area contributed by atoms with E-state index in [9.17, 15) is 9.59 Å². The van der Waals surface area contributed by atoms with Crippen LogP contribution >= 0.6 is 0 Å². The van der Waals surface area contributed by atoms with Crippen molar-refractivity contribution in [3.8, 4) is 11.5 Å². The third kappa shape index (κ3) is 4.51. The van der Waals surface area contributed by atoms with Gasteiger partial charge in [0.05, 0.1) is 27.8 Å². The molecular weight excluding hydrogens is 372 g/mol. The highest BCUT2D eigenvalue weighted by Crippen LogP contribution is 2.40. The number of fused-ring (bicyclic) bond motifs is 1. The Bertz CT molecular complexity index is 895. The molecule has 0 aliphatic carbocycles. The van der Waals surface area contributed by atoms with Crippen LogP contribution in [0.25, 0.3) is 0 Å². The molecule has 1 unspecified atom stereocenters. The number of amides is 1. The predicted molar refractivity (Wildman–Crippen MR) is 108 cm³/mol. The zero-order valence-electron chi connectivity index (χ0n) is 16.9. The highest BCUT2D eigenvalue weighted by atomic mass is 16.5. The molecule has 1 atom stereocenters. The van der Waals surface area contributed by atoms with E-state index >= 15 is 0 Å². The highest BCUT2D eigenvalue weighted by molar-refractivity contribution is 5.92. The number of benzene rings is 2. The first-order valence-electron chi connectivity index (χ1n) is 9.41. The first-order valence-corrected chi connectivity index (χ1v) is 9.41. The molecule has 2 aromatic rings. The van der Waals surface area contributed by atoms with Gasteiger partial charge in [0.25, 0.3) is 0 Å². The van der Waals surface area contributed by atoms with Crippen molar-refractivity contribution in [1.82, 2.24) is 4.90 Å². The minimum Gasteiger partial charge on any atom is -0.493 e. The van der Waals surface area contributed by atoms with Gasteiger partial charge in [-0.25, -0.2) is 0 Å². The molecule has 29 heavy (non-hydrogen) atoms. The molecule has 2 aromatic carbocycles. The van der Waals surface area contributed by atoms with Crippen LogP contribution in [0.15, 0.2) is 36.4 Å². The molecule has 7 nitrogen and oxygen atoms in total. The second-order valence-electron chi connectivity index (χ2n) is 6.98. The van der Waals surface area contributed by atoms with E-state index in [1.807, 2.05) is 24.3 Å². The van der Waals surface area contributed by atoms with Gasteiger partial charge in [-0.05, 0) is 47.4 Å². The summed E-state index contributed by atoms with van der Waals surface area (Å²) < 4.78 is 15.8. The van der Waals surface area contributed by atoms with E-state index in [0.717, 1.165) is 29.7 Å². The van der Waals surface area contributed by atoms with Crippen molar-refractivity contribution in [3.05, 3.63) is 58.7 Å². The molecule has 1 aliphatic heterocycles. The van der Waals surface area contributed by atoms with Gasteiger partial charge >= 0.3 is 5.97 Å². The Balaban J connectivity index is 1.93. The number of nitrogens with zero attached hydrogens (tertiary/aromatic N) is 1. The Kier molecular flexibility index (Phi) is 6.39. The van der Waals surface area contributed by atoms with E-state index in [1.54, 1.807) is 26.4 Å². The average molecular weight is 398 g/mol. The number of nitrogens with two attached hydrogens (primary N) is 1.